The van der Waals surface area contributed by atoms with Crippen LogP contribution in [0.5, 0.6) is 0 Å². The lowest BCUT2D eigenvalue weighted by Gasteiger charge is -2.05. The number of aromatic nitrogens is 3. The Bertz CT molecular complexity index is 914. The second kappa shape index (κ2) is 7.73. The lowest BCUT2D eigenvalue weighted by molar-refractivity contribution is -0.123. The topological polar surface area (TPSA) is 117 Å². The van der Waals surface area contributed by atoms with Crippen molar-refractivity contribution < 1.29 is 14.7 Å². The van der Waals surface area contributed by atoms with Crippen molar-refractivity contribution in [1.29, 1.82) is 0 Å². The Balaban J connectivity index is 0.000000647. The van der Waals surface area contributed by atoms with Crippen LogP contribution in [0, 0.1) is 0 Å². The van der Waals surface area contributed by atoms with Crippen molar-refractivity contribution in [3.05, 3.63) is 58.6 Å². The molecule has 2 aromatic heterocycles. The molecular weight excluding hydrogens is 312 g/mol. The normalized spacial score (nSPS) is 9.88. The van der Waals surface area contributed by atoms with E-state index in [0.29, 0.717) is 5.69 Å². The van der Waals surface area contributed by atoms with E-state index in [1.165, 1.54) is 6.07 Å². The molecule has 1 amide bonds. The number of aromatic amines is 1. The van der Waals surface area contributed by atoms with Crippen LogP contribution in [-0.2, 0) is 23.1 Å². The summed E-state index contributed by atoms with van der Waals surface area (Å²) in [5, 5.41) is 14.6. The number of carbonyl (C=O) groups excluding carboxylic acids is 1. The van der Waals surface area contributed by atoms with Crippen molar-refractivity contribution in [3.63, 3.8) is 0 Å². The maximum absolute atomic E-state index is 12.0. The molecule has 124 valence electrons. The molecule has 0 aliphatic rings. The molecule has 3 N–H and O–H groups in total. The van der Waals surface area contributed by atoms with Crippen LogP contribution < -0.4 is 10.9 Å². The quantitative estimate of drug-likeness (QED) is 0.623. The smallest absolute Gasteiger partial charge is 0.290 e. The molecule has 0 saturated carbocycles. The number of hydrogen-bond acceptors (Lipinski definition) is 4. The number of H-pyrrole nitrogens is 1. The number of nitrogens with one attached hydrogen (secondary N) is 2. The third-order valence-corrected chi connectivity index (χ3v) is 3.13. The van der Waals surface area contributed by atoms with Gasteiger partial charge in [-0.1, -0.05) is 0 Å². The van der Waals surface area contributed by atoms with Crippen molar-refractivity contribution in [3.8, 4) is 0 Å². The van der Waals surface area contributed by atoms with E-state index >= 15 is 0 Å². The largest absolute Gasteiger partial charge is 0.483 e. The summed E-state index contributed by atoms with van der Waals surface area (Å²) < 4.78 is 1.66. The van der Waals surface area contributed by atoms with E-state index in [4.69, 9.17) is 9.90 Å². The molecule has 0 atom stereocenters. The first kappa shape index (κ1) is 16.9. The van der Waals surface area contributed by atoms with Gasteiger partial charge in [0.05, 0.1) is 12.6 Å². The molecule has 1 aromatic carbocycles. The third-order valence-electron chi connectivity index (χ3n) is 3.13. The molecule has 0 aliphatic carbocycles. The summed E-state index contributed by atoms with van der Waals surface area (Å²) >= 11 is 0. The van der Waals surface area contributed by atoms with Crippen LogP contribution in [0.4, 0.5) is 5.69 Å². The van der Waals surface area contributed by atoms with Crippen LogP contribution in [0.1, 0.15) is 5.56 Å². The predicted octanol–water partition coefficient (Wildman–Crippen LogP) is 1.14. The zero-order valence-electron chi connectivity index (χ0n) is 12.9. The van der Waals surface area contributed by atoms with Gasteiger partial charge in [-0.2, -0.15) is 5.10 Å². The summed E-state index contributed by atoms with van der Waals surface area (Å²) in [6.45, 7) is -0.250. The Morgan fingerprint density at radius 3 is 2.79 bits per heavy atom. The minimum Gasteiger partial charge on any atom is -0.483 e. The second-order valence-corrected chi connectivity index (χ2v) is 4.98. The summed E-state index contributed by atoms with van der Waals surface area (Å²) in [6.07, 6.45) is 3.76. The number of benzene rings is 1. The van der Waals surface area contributed by atoms with E-state index in [1.54, 1.807) is 29.1 Å². The maximum atomic E-state index is 12.0. The SMILES string of the molecule is Cn1cc(CC(=O)Nc2ccc3[nH]c(=O)ccc3c2)cn1.O=CO. The first-order chi connectivity index (χ1) is 11.5. The van der Waals surface area contributed by atoms with Crippen LogP contribution in [0.25, 0.3) is 10.9 Å². The molecule has 0 spiro atoms. The van der Waals surface area contributed by atoms with E-state index < -0.39 is 0 Å². The van der Waals surface area contributed by atoms with Gasteiger partial charge in [-0.05, 0) is 29.8 Å². The fourth-order valence-electron chi connectivity index (χ4n) is 2.19. The van der Waals surface area contributed by atoms with Gasteiger partial charge < -0.3 is 15.4 Å². The Morgan fingerprint density at radius 2 is 2.12 bits per heavy atom. The Hall–Kier alpha value is -3.42. The molecule has 0 radical (unpaired) electrons. The number of amides is 1. The number of carbonyl (C=O) groups is 2. The van der Waals surface area contributed by atoms with E-state index in [1.807, 2.05) is 19.3 Å². The highest BCUT2D eigenvalue weighted by molar-refractivity contribution is 5.94. The summed E-state index contributed by atoms with van der Waals surface area (Å²) in [5.41, 5.74) is 2.16. The van der Waals surface area contributed by atoms with Crippen molar-refractivity contribution >= 4 is 29.0 Å². The van der Waals surface area contributed by atoms with Crippen molar-refractivity contribution in [2.45, 2.75) is 6.42 Å². The standard InChI is InChI=1S/C15H14N4O2.CH2O2/c1-19-9-10(8-16-19)6-15(21)17-12-3-4-13-11(7-12)2-5-14(20)18-13;2-1-3/h2-5,7-9H,6H2,1H3,(H,17,21)(H,18,20);1H,(H,2,3). The van der Waals surface area contributed by atoms with Crippen molar-refractivity contribution in [1.82, 2.24) is 14.8 Å². The molecule has 8 heteroatoms. The van der Waals surface area contributed by atoms with E-state index in [0.717, 1.165) is 16.5 Å². The summed E-state index contributed by atoms with van der Waals surface area (Å²) in [4.78, 5) is 34.3. The number of carboxylic acid groups (broad SMARTS) is 1. The Kier molecular flexibility index (Phi) is 5.45. The van der Waals surface area contributed by atoms with Crippen LogP contribution in [0.2, 0.25) is 0 Å². The molecule has 0 unspecified atom stereocenters. The second-order valence-electron chi connectivity index (χ2n) is 4.98. The average molecular weight is 328 g/mol. The highest BCUT2D eigenvalue weighted by Gasteiger charge is 2.06. The molecule has 2 heterocycles. The zero-order chi connectivity index (χ0) is 17.5. The highest BCUT2D eigenvalue weighted by Crippen LogP contribution is 2.16. The fraction of sp³-hybridized carbons (Fsp3) is 0.125. The molecule has 3 rings (SSSR count). The van der Waals surface area contributed by atoms with Crippen LogP contribution in [0.15, 0.2) is 47.5 Å². The minimum atomic E-state index is -0.250. The Morgan fingerprint density at radius 1 is 1.38 bits per heavy atom. The number of anilines is 1. The van der Waals surface area contributed by atoms with Crippen molar-refractivity contribution in [2.75, 3.05) is 5.32 Å². The van der Waals surface area contributed by atoms with Crippen molar-refractivity contribution in [2.24, 2.45) is 7.05 Å². The molecule has 0 saturated heterocycles. The van der Waals surface area contributed by atoms with Gasteiger partial charge in [0.1, 0.15) is 0 Å². The monoisotopic (exact) mass is 328 g/mol. The van der Waals surface area contributed by atoms with Gasteiger partial charge in [0.15, 0.2) is 0 Å². The van der Waals surface area contributed by atoms with Crippen LogP contribution in [0.3, 0.4) is 0 Å². The summed E-state index contributed by atoms with van der Waals surface area (Å²) in [5.74, 6) is -0.105. The lowest BCUT2D eigenvalue weighted by atomic mass is 10.2. The Labute approximate surface area is 136 Å². The van der Waals surface area contributed by atoms with Crippen LogP contribution in [-0.4, -0.2) is 32.3 Å². The van der Waals surface area contributed by atoms with Crippen LogP contribution >= 0.6 is 0 Å². The van der Waals surface area contributed by atoms with Gasteiger partial charge in [-0.3, -0.25) is 19.1 Å². The average Bonchev–Trinajstić information content (AvgIpc) is 2.93. The zero-order valence-corrected chi connectivity index (χ0v) is 12.9. The van der Waals surface area contributed by atoms with Gasteiger partial charge in [-0.25, -0.2) is 0 Å². The molecule has 3 aromatic rings. The van der Waals surface area contributed by atoms with Gasteiger partial charge in [0.25, 0.3) is 6.47 Å². The molecule has 24 heavy (non-hydrogen) atoms. The van der Waals surface area contributed by atoms with E-state index in [2.05, 4.69) is 15.4 Å². The molecule has 0 aliphatic heterocycles. The summed E-state index contributed by atoms with van der Waals surface area (Å²) in [7, 11) is 1.81. The molecule has 0 bridgehead atoms. The number of aryl methyl sites for hydroxylation is 1. The fourth-order valence-corrected chi connectivity index (χ4v) is 2.19. The minimum absolute atomic E-state index is 0.105. The molecule has 8 nitrogen and oxygen atoms in total. The van der Waals surface area contributed by atoms with Gasteiger partial charge in [-0.15, -0.1) is 0 Å². The summed E-state index contributed by atoms with van der Waals surface area (Å²) in [6, 6.07) is 8.55. The number of nitrogens with zero attached hydrogens (tertiary/aromatic N) is 2. The van der Waals surface area contributed by atoms with Gasteiger partial charge in [0.2, 0.25) is 11.5 Å². The third kappa shape index (κ3) is 4.54. The number of pyridine rings is 1. The van der Waals surface area contributed by atoms with Gasteiger partial charge in [0, 0.05) is 35.9 Å². The van der Waals surface area contributed by atoms with E-state index in [9.17, 15) is 9.59 Å². The first-order valence-corrected chi connectivity index (χ1v) is 7.00. The first-order valence-electron chi connectivity index (χ1n) is 7.00. The number of fused-ring (bicyclic) bond motifs is 1. The number of rotatable bonds is 3. The van der Waals surface area contributed by atoms with Gasteiger partial charge >= 0.3 is 0 Å². The lowest BCUT2D eigenvalue weighted by Crippen LogP contribution is -2.14. The maximum Gasteiger partial charge on any atom is 0.290 e. The number of hydrogen-bond donors (Lipinski definition) is 3. The molecular formula is C16H16N4O4. The molecule has 0 fully saturated rings. The predicted molar refractivity (Wildman–Crippen MR) is 88.8 cm³/mol. The van der Waals surface area contributed by atoms with E-state index in [-0.39, 0.29) is 24.4 Å². The highest BCUT2D eigenvalue weighted by atomic mass is 16.3.